The first-order chi connectivity index (χ1) is 17.5. The van der Waals surface area contributed by atoms with E-state index in [9.17, 15) is 9.59 Å². The van der Waals surface area contributed by atoms with Crippen LogP contribution < -0.4 is 19.7 Å². The Kier molecular flexibility index (Phi) is 10.3. The summed E-state index contributed by atoms with van der Waals surface area (Å²) in [6, 6.07) is 23.2. The number of amides is 1. The van der Waals surface area contributed by atoms with E-state index in [1.165, 1.54) is 18.7 Å². The van der Waals surface area contributed by atoms with Crippen LogP contribution in [-0.4, -0.2) is 45.2 Å². The lowest BCUT2D eigenvalue weighted by Gasteiger charge is -2.27. The van der Waals surface area contributed by atoms with Crippen molar-refractivity contribution in [1.29, 1.82) is 0 Å². The minimum absolute atomic E-state index is 0. The van der Waals surface area contributed by atoms with Crippen molar-refractivity contribution < 1.29 is 23.8 Å². The molecule has 0 unspecified atom stereocenters. The summed E-state index contributed by atoms with van der Waals surface area (Å²) in [6.07, 6.45) is -0.987. The molecule has 37 heavy (non-hydrogen) atoms. The molecule has 1 N–H and O–H groups in total. The molecule has 1 amide bonds. The third kappa shape index (κ3) is 6.97. The standard InChI is InChI=1S/C28H30N2O5S.ClH/c1-19(31)35-26-27(21-9-11-22(33-3)12-10-21)36-25-17-23(34-18-20-7-5-4-6-8-20)13-14-24(25)30(28(26)32)16-15-29-2;/h4-14,17,26-27,29H,15-16,18H2,1-3H3;1H/t26-,27+;/m1./s1. The molecule has 7 nitrogen and oxygen atoms in total. The number of nitrogens with zero attached hydrogens (tertiary/aromatic N) is 1. The summed E-state index contributed by atoms with van der Waals surface area (Å²) in [7, 11) is 3.44. The lowest BCUT2D eigenvalue weighted by Crippen LogP contribution is -2.45. The molecule has 0 radical (unpaired) electrons. The van der Waals surface area contributed by atoms with Crippen LogP contribution in [0, 0.1) is 0 Å². The molecule has 0 saturated heterocycles. The zero-order valence-corrected chi connectivity index (χ0v) is 22.6. The molecule has 0 saturated carbocycles. The molecule has 0 aromatic heterocycles. The number of fused-ring (bicyclic) bond motifs is 1. The van der Waals surface area contributed by atoms with Crippen molar-refractivity contribution in [1.82, 2.24) is 5.32 Å². The van der Waals surface area contributed by atoms with Gasteiger partial charge in [0, 0.05) is 24.9 Å². The topological polar surface area (TPSA) is 77.1 Å². The highest BCUT2D eigenvalue weighted by Crippen LogP contribution is 2.48. The van der Waals surface area contributed by atoms with Gasteiger partial charge >= 0.3 is 5.97 Å². The van der Waals surface area contributed by atoms with Crippen LogP contribution in [0.2, 0.25) is 0 Å². The molecule has 1 aliphatic heterocycles. The van der Waals surface area contributed by atoms with Gasteiger partial charge in [0.1, 0.15) is 18.1 Å². The van der Waals surface area contributed by atoms with Crippen LogP contribution in [0.5, 0.6) is 11.5 Å². The van der Waals surface area contributed by atoms with Crippen molar-refractivity contribution in [3.63, 3.8) is 0 Å². The summed E-state index contributed by atoms with van der Waals surface area (Å²) < 4.78 is 17.0. The molecule has 0 spiro atoms. The van der Waals surface area contributed by atoms with Crippen molar-refractivity contribution in [2.75, 3.05) is 32.1 Å². The van der Waals surface area contributed by atoms with Crippen LogP contribution in [0.3, 0.4) is 0 Å². The fourth-order valence-corrected chi connectivity index (χ4v) is 5.37. The van der Waals surface area contributed by atoms with E-state index in [0.717, 1.165) is 21.7 Å². The Morgan fingerprint density at radius 1 is 1.03 bits per heavy atom. The maximum Gasteiger partial charge on any atom is 0.303 e. The smallest absolute Gasteiger partial charge is 0.303 e. The number of benzene rings is 3. The fourth-order valence-electron chi connectivity index (χ4n) is 4.02. The average molecular weight is 543 g/mol. The third-order valence-electron chi connectivity index (χ3n) is 5.83. The van der Waals surface area contributed by atoms with Crippen molar-refractivity contribution in [3.05, 3.63) is 83.9 Å². The Hall–Kier alpha value is -3.20. The van der Waals surface area contributed by atoms with Crippen molar-refractivity contribution in [2.45, 2.75) is 29.8 Å². The summed E-state index contributed by atoms with van der Waals surface area (Å²) in [5, 5.41) is 2.65. The van der Waals surface area contributed by atoms with E-state index in [-0.39, 0.29) is 18.3 Å². The van der Waals surface area contributed by atoms with Gasteiger partial charge in [-0.15, -0.1) is 24.2 Å². The first-order valence-corrected chi connectivity index (χ1v) is 12.6. The highest BCUT2D eigenvalue weighted by atomic mass is 35.5. The van der Waals surface area contributed by atoms with Gasteiger partial charge in [0.15, 0.2) is 6.10 Å². The van der Waals surface area contributed by atoms with Crippen LogP contribution in [0.1, 0.15) is 23.3 Å². The molecule has 4 rings (SSSR count). The number of anilines is 1. The quantitative estimate of drug-likeness (QED) is 0.380. The second kappa shape index (κ2) is 13.4. The Labute approximate surface area is 227 Å². The van der Waals surface area contributed by atoms with Gasteiger partial charge in [-0.3, -0.25) is 9.59 Å². The Morgan fingerprint density at radius 3 is 2.38 bits per heavy atom. The van der Waals surface area contributed by atoms with Gasteiger partial charge < -0.3 is 24.4 Å². The minimum Gasteiger partial charge on any atom is -0.497 e. The largest absolute Gasteiger partial charge is 0.497 e. The van der Waals surface area contributed by atoms with Crippen LogP contribution >= 0.6 is 24.2 Å². The number of hydrogen-bond acceptors (Lipinski definition) is 7. The highest BCUT2D eigenvalue weighted by molar-refractivity contribution is 7.99. The fraction of sp³-hybridized carbons (Fsp3) is 0.286. The minimum atomic E-state index is -0.987. The average Bonchev–Trinajstić information content (AvgIpc) is 3.01. The van der Waals surface area contributed by atoms with E-state index < -0.39 is 17.3 Å². The Morgan fingerprint density at radius 2 is 1.73 bits per heavy atom. The van der Waals surface area contributed by atoms with E-state index in [2.05, 4.69) is 5.32 Å². The maximum absolute atomic E-state index is 13.8. The predicted molar refractivity (Wildman–Crippen MR) is 148 cm³/mol. The number of rotatable bonds is 9. The normalized spacial score (nSPS) is 16.7. The Bertz CT molecular complexity index is 1190. The van der Waals surface area contributed by atoms with Crippen molar-refractivity contribution in [2.24, 2.45) is 0 Å². The summed E-state index contributed by atoms with van der Waals surface area (Å²) in [4.78, 5) is 28.4. The Balaban J connectivity index is 0.00000380. The molecular formula is C28H31ClN2O5S. The van der Waals surface area contributed by atoms with Gasteiger partial charge in [-0.1, -0.05) is 42.5 Å². The van der Waals surface area contributed by atoms with Crippen LogP contribution in [0.4, 0.5) is 5.69 Å². The molecule has 2 atom stereocenters. The third-order valence-corrected chi connectivity index (χ3v) is 7.19. The molecule has 1 heterocycles. The van der Waals surface area contributed by atoms with Gasteiger partial charge in [0.2, 0.25) is 0 Å². The van der Waals surface area contributed by atoms with Crippen molar-refractivity contribution >= 4 is 41.7 Å². The number of carbonyl (C=O) groups is 2. The van der Waals surface area contributed by atoms with Crippen LogP contribution in [-0.2, 0) is 20.9 Å². The van der Waals surface area contributed by atoms with Crippen molar-refractivity contribution in [3.8, 4) is 11.5 Å². The second-order valence-corrected chi connectivity index (χ2v) is 9.52. The van der Waals surface area contributed by atoms with E-state index in [1.807, 2.05) is 79.8 Å². The van der Waals surface area contributed by atoms with Gasteiger partial charge in [-0.2, -0.15) is 0 Å². The molecule has 0 fully saturated rings. The first-order valence-electron chi connectivity index (χ1n) is 11.7. The monoisotopic (exact) mass is 542 g/mol. The number of thioether (sulfide) groups is 1. The summed E-state index contributed by atoms with van der Waals surface area (Å²) >= 11 is 1.49. The predicted octanol–water partition coefficient (Wildman–Crippen LogP) is 5.03. The zero-order valence-electron chi connectivity index (χ0n) is 21.0. The van der Waals surface area contributed by atoms with Gasteiger partial charge in [-0.05, 0) is 48.5 Å². The number of esters is 1. The second-order valence-electron chi connectivity index (χ2n) is 8.34. The molecule has 0 aliphatic carbocycles. The number of methoxy groups -OCH3 is 1. The first kappa shape index (κ1) is 28.4. The lowest BCUT2D eigenvalue weighted by molar-refractivity contribution is -0.152. The molecule has 3 aromatic rings. The molecule has 196 valence electrons. The summed E-state index contributed by atoms with van der Waals surface area (Å²) in [5.74, 6) is 0.648. The van der Waals surface area contributed by atoms with Gasteiger partial charge in [-0.25, -0.2) is 0 Å². The van der Waals surface area contributed by atoms with Crippen LogP contribution in [0.15, 0.2) is 77.7 Å². The number of likely N-dealkylation sites (N-methyl/N-ethyl adjacent to an activating group) is 1. The van der Waals surface area contributed by atoms with E-state index >= 15 is 0 Å². The SMILES string of the molecule is CNCCN1C(=O)[C@H](OC(C)=O)[C@H](c2ccc(OC)cc2)Sc2cc(OCc3ccccc3)ccc21.Cl. The lowest BCUT2D eigenvalue weighted by atomic mass is 10.1. The summed E-state index contributed by atoms with van der Waals surface area (Å²) in [6.45, 7) is 2.78. The highest BCUT2D eigenvalue weighted by Gasteiger charge is 2.40. The van der Waals surface area contributed by atoms with E-state index in [0.29, 0.717) is 31.2 Å². The number of nitrogens with one attached hydrogen (secondary N) is 1. The summed E-state index contributed by atoms with van der Waals surface area (Å²) in [5.41, 5.74) is 2.69. The van der Waals surface area contributed by atoms with Gasteiger partial charge in [0.25, 0.3) is 5.91 Å². The molecule has 3 aromatic carbocycles. The molecule has 1 aliphatic rings. The maximum atomic E-state index is 13.8. The number of ether oxygens (including phenoxy) is 3. The van der Waals surface area contributed by atoms with Gasteiger partial charge in [0.05, 0.1) is 18.0 Å². The number of hydrogen-bond donors (Lipinski definition) is 1. The number of carbonyl (C=O) groups excluding carboxylic acids is 2. The zero-order chi connectivity index (χ0) is 25.5. The number of halogens is 1. The van der Waals surface area contributed by atoms with Crippen LogP contribution in [0.25, 0.3) is 0 Å². The van der Waals surface area contributed by atoms with E-state index in [1.54, 1.807) is 12.0 Å². The van der Waals surface area contributed by atoms with E-state index in [4.69, 9.17) is 14.2 Å². The molecule has 9 heteroatoms. The molecular weight excluding hydrogens is 512 g/mol. The molecule has 0 bridgehead atoms.